The highest BCUT2D eigenvalue weighted by Crippen LogP contribution is 2.22. The predicted molar refractivity (Wildman–Crippen MR) is 46.4 cm³/mol. The van der Waals surface area contributed by atoms with Gasteiger partial charge in [0, 0.05) is 4.47 Å². The molecule has 0 saturated heterocycles. The first kappa shape index (κ1) is 6.85. The molecule has 1 heterocycles. The second-order valence-corrected chi connectivity index (χ2v) is 3.34. The molecule has 0 bridgehead atoms. The zero-order valence-corrected chi connectivity index (χ0v) is 7.55. The van der Waals surface area contributed by atoms with Gasteiger partial charge in [0.1, 0.15) is 5.52 Å². The Bertz CT molecular complexity index is 394. The van der Waals surface area contributed by atoms with Crippen molar-refractivity contribution in [1.82, 2.24) is 4.98 Å². The van der Waals surface area contributed by atoms with Gasteiger partial charge in [-0.2, -0.15) is 0 Å². The number of oxazole rings is 1. The van der Waals surface area contributed by atoms with Gasteiger partial charge in [-0.1, -0.05) is 15.9 Å². The van der Waals surface area contributed by atoms with Crippen molar-refractivity contribution in [2.45, 2.75) is 6.92 Å². The predicted octanol–water partition coefficient (Wildman–Crippen LogP) is 2.90. The van der Waals surface area contributed by atoms with Crippen molar-refractivity contribution in [3.63, 3.8) is 0 Å². The highest BCUT2D eigenvalue weighted by molar-refractivity contribution is 9.10. The number of rotatable bonds is 0. The number of aromatic nitrogens is 1. The maximum absolute atomic E-state index is 5.17. The summed E-state index contributed by atoms with van der Waals surface area (Å²) in [6, 6.07) is 3.94. The Hall–Kier alpha value is -0.830. The summed E-state index contributed by atoms with van der Waals surface area (Å²) in [6.07, 6.45) is 1.46. The number of hydrogen-bond donors (Lipinski definition) is 0. The molecular formula is C8H6BrNO. The van der Waals surface area contributed by atoms with Gasteiger partial charge in [0.25, 0.3) is 0 Å². The third-order valence-electron chi connectivity index (χ3n) is 1.58. The average molecular weight is 212 g/mol. The molecule has 2 aromatic rings. The molecule has 3 heteroatoms. The van der Waals surface area contributed by atoms with E-state index in [1.54, 1.807) is 0 Å². The smallest absolute Gasteiger partial charge is 0.181 e. The van der Waals surface area contributed by atoms with E-state index in [0.717, 1.165) is 21.1 Å². The number of aryl methyl sites for hydroxylation is 1. The molecule has 0 amide bonds. The first-order chi connectivity index (χ1) is 5.27. The zero-order valence-electron chi connectivity index (χ0n) is 5.97. The van der Waals surface area contributed by atoms with E-state index >= 15 is 0 Å². The molecule has 1 aromatic heterocycles. The quantitative estimate of drug-likeness (QED) is 0.670. The molecule has 2 rings (SSSR count). The van der Waals surface area contributed by atoms with Crippen molar-refractivity contribution < 1.29 is 4.42 Å². The van der Waals surface area contributed by atoms with Gasteiger partial charge in [-0.15, -0.1) is 0 Å². The molecule has 0 unspecified atom stereocenters. The Morgan fingerprint density at radius 3 is 3.09 bits per heavy atom. The lowest BCUT2D eigenvalue weighted by Gasteiger charge is -1.93. The van der Waals surface area contributed by atoms with Crippen LogP contribution in [0.15, 0.2) is 27.4 Å². The molecule has 0 atom stereocenters. The minimum Gasteiger partial charge on any atom is -0.443 e. The molecule has 56 valence electrons. The van der Waals surface area contributed by atoms with E-state index < -0.39 is 0 Å². The van der Waals surface area contributed by atoms with Gasteiger partial charge < -0.3 is 4.42 Å². The monoisotopic (exact) mass is 211 g/mol. The largest absolute Gasteiger partial charge is 0.443 e. The van der Waals surface area contributed by atoms with Crippen molar-refractivity contribution in [3.05, 3.63) is 28.6 Å². The fourth-order valence-corrected chi connectivity index (χ4v) is 1.66. The number of nitrogens with zero attached hydrogens (tertiary/aromatic N) is 1. The molecule has 2 nitrogen and oxygen atoms in total. The first-order valence-electron chi connectivity index (χ1n) is 3.27. The fourth-order valence-electron chi connectivity index (χ4n) is 1.10. The van der Waals surface area contributed by atoms with E-state index in [4.69, 9.17) is 4.42 Å². The highest BCUT2D eigenvalue weighted by atomic mass is 79.9. The van der Waals surface area contributed by atoms with E-state index in [0.29, 0.717) is 0 Å². The van der Waals surface area contributed by atoms with Crippen molar-refractivity contribution in [2.24, 2.45) is 0 Å². The third-order valence-corrected chi connectivity index (χ3v) is 2.04. The molecule has 1 aromatic carbocycles. The second kappa shape index (κ2) is 2.34. The maximum atomic E-state index is 5.17. The van der Waals surface area contributed by atoms with E-state index in [9.17, 15) is 0 Å². The van der Waals surface area contributed by atoms with Crippen LogP contribution in [-0.2, 0) is 0 Å². The van der Waals surface area contributed by atoms with Gasteiger partial charge in [0.05, 0.1) is 0 Å². The maximum Gasteiger partial charge on any atom is 0.181 e. The second-order valence-electron chi connectivity index (χ2n) is 2.42. The van der Waals surface area contributed by atoms with Crippen LogP contribution in [0.4, 0.5) is 0 Å². The Morgan fingerprint density at radius 2 is 2.27 bits per heavy atom. The molecule has 0 aliphatic rings. The van der Waals surface area contributed by atoms with E-state index in [-0.39, 0.29) is 0 Å². The molecule has 0 radical (unpaired) electrons. The van der Waals surface area contributed by atoms with Gasteiger partial charge in [0.15, 0.2) is 12.0 Å². The summed E-state index contributed by atoms with van der Waals surface area (Å²) in [4.78, 5) is 4.04. The lowest BCUT2D eigenvalue weighted by atomic mass is 10.2. The van der Waals surface area contributed by atoms with Crippen molar-refractivity contribution in [3.8, 4) is 0 Å². The van der Waals surface area contributed by atoms with Crippen molar-refractivity contribution in [1.29, 1.82) is 0 Å². The van der Waals surface area contributed by atoms with Crippen LogP contribution >= 0.6 is 15.9 Å². The number of halogens is 1. The standard InChI is InChI=1S/C8H6BrNO/c1-5-2-6(9)3-7-8(5)11-4-10-7/h2-4H,1H3. The number of hydrogen-bond acceptors (Lipinski definition) is 2. The van der Waals surface area contributed by atoms with Crippen LogP contribution in [0, 0.1) is 6.92 Å². The van der Waals surface area contributed by atoms with Crippen LogP contribution in [-0.4, -0.2) is 4.98 Å². The van der Waals surface area contributed by atoms with E-state index in [2.05, 4.69) is 20.9 Å². The van der Waals surface area contributed by atoms with Crippen LogP contribution in [0.25, 0.3) is 11.1 Å². The van der Waals surface area contributed by atoms with Gasteiger partial charge >= 0.3 is 0 Å². The van der Waals surface area contributed by atoms with Crippen LogP contribution in [0.3, 0.4) is 0 Å². The average Bonchev–Trinajstić information content (AvgIpc) is 2.34. The minimum absolute atomic E-state index is 0.869. The lowest BCUT2D eigenvalue weighted by molar-refractivity contribution is 0.600. The summed E-state index contributed by atoms with van der Waals surface area (Å²) in [7, 11) is 0. The highest BCUT2D eigenvalue weighted by Gasteiger charge is 2.02. The normalized spacial score (nSPS) is 10.7. The Balaban J connectivity index is 2.91. The van der Waals surface area contributed by atoms with Crippen LogP contribution in [0.5, 0.6) is 0 Å². The van der Waals surface area contributed by atoms with Crippen LogP contribution in [0.1, 0.15) is 5.56 Å². The molecule has 0 saturated carbocycles. The summed E-state index contributed by atoms with van der Waals surface area (Å²) in [5, 5.41) is 0. The first-order valence-corrected chi connectivity index (χ1v) is 4.06. The SMILES string of the molecule is Cc1cc(Br)cc2ncoc12. The molecule has 0 aliphatic carbocycles. The summed E-state index contributed by atoms with van der Waals surface area (Å²) < 4.78 is 6.21. The Labute approximate surface area is 72.4 Å². The summed E-state index contributed by atoms with van der Waals surface area (Å²) in [5.41, 5.74) is 2.87. The van der Waals surface area contributed by atoms with E-state index in [1.165, 1.54) is 6.39 Å². The minimum atomic E-state index is 0.869. The van der Waals surface area contributed by atoms with Gasteiger partial charge in [-0.3, -0.25) is 0 Å². The molecule has 0 aliphatic heterocycles. The van der Waals surface area contributed by atoms with Gasteiger partial charge in [0.2, 0.25) is 0 Å². The van der Waals surface area contributed by atoms with Crippen LogP contribution < -0.4 is 0 Å². The Morgan fingerprint density at radius 1 is 1.45 bits per heavy atom. The van der Waals surface area contributed by atoms with Gasteiger partial charge in [-0.05, 0) is 24.6 Å². The molecule has 0 N–H and O–H groups in total. The molecule has 0 spiro atoms. The van der Waals surface area contributed by atoms with Crippen molar-refractivity contribution >= 4 is 27.0 Å². The molecular weight excluding hydrogens is 206 g/mol. The van der Waals surface area contributed by atoms with E-state index in [1.807, 2.05) is 19.1 Å². The molecule has 11 heavy (non-hydrogen) atoms. The number of benzene rings is 1. The summed E-state index contributed by atoms with van der Waals surface area (Å²) in [6.45, 7) is 2.00. The Kier molecular flexibility index (Phi) is 1.46. The topological polar surface area (TPSA) is 26.0 Å². The van der Waals surface area contributed by atoms with Crippen LogP contribution in [0.2, 0.25) is 0 Å². The fraction of sp³-hybridized carbons (Fsp3) is 0.125. The van der Waals surface area contributed by atoms with Crippen molar-refractivity contribution in [2.75, 3.05) is 0 Å². The lowest BCUT2D eigenvalue weighted by Crippen LogP contribution is -1.74. The number of fused-ring (bicyclic) bond motifs is 1. The third kappa shape index (κ3) is 1.05. The summed E-state index contributed by atoms with van der Waals surface area (Å²) >= 11 is 3.39. The zero-order chi connectivity index (χ0) is 7.84. The summed E-state index contributed by atoms with van der Waals surface area (Å²) in [5.74, 6) is 0. The molecule has 0 fully saturated rings. The van der Waals surface area contributed by atoms with Gasteiger partial charge in [-0.25, -0.2) is 4.98 Å².